The van der Waals surface area contributed by atoms with E-state index in [1.807, 2.05) is 6.07 Å². The summed E-state index contributed by atoms with van der Waals surface area (Å²) >= 11 is 0. The highest BCUT2D eigenvalue weighted by Crippen LogP contribution is 2.53. The fourth-order valence-corrected chi connectivity index (χ4v) is 4.75. The van der Waals surface area contributed by atoms with E-state index in [4.69, 9.17) is 4.74 Å². The highest BCUT2D eigenvalue weighted by atomic mass is 16.5. The molecule has 3 aromatic carbocycles. The number of allylic oxidation sites excluding steroid dienone is 2. The minimum absolute atomic E-state index is 0.0784. The average Bonchev–Trinajstić information content (AvgIpc) is 2.90. The molecule has 1 aliphatic carbocycles. The third-order valence-electron chi connectivity index (χ3n) is 6.01. The molecule has 0 fully saturated rings. The van der Waals surface area contributed by atoms with Crippen molar-refractivity contribution in [3.63, 3.8) is 0 Å². The van der Waals surface area contributed by atoms with Gasteiger partial charge in [-0.2, -0.15) is 0 Å². The summed E-state index contributed by atoms with van der Waals surface area (Å²) in [6.45, 7) is 4.55. The van der Waals surface area contributed by atoms with E-state index in [-0.39, 0.29) is 5.41 Å². The van der Waals surface area contributed by atoms with E-state index >= 15 is 0 Å². The second-order valence-corrected chi connectivity index (χ2v) is 7.55. The van der Waals surface area contributed by atoms with Crippen molar-refractivity contribution in [1.29, 1.82) is 0 Å². The Morgan fingerprint density at radius 2 is 1.81 bits per heavy atom. The minimum atomic E-state index is 0.0784. The van der Waals surface area contributed by atoms with E-state index < -0.39 is 0 Å². The molecule has 1 heteroatoms. The number of methoxy groups -OCH3 is 1. The van der Waals surface area contributed by atoms with Crippen molar-refractivity contribution in [2.24, 2.45) is 0 Å². The van der Waals surface area contributed by atoms with Gasteiger partial charge < -0.3 is 4.74 Å². The number of hydrogen-bond acceptors (Lipinski definition) is 1. The Morgan fingerprint density at radius 1 is 1.04 bits per heavy atom. The Morgan fingerprint density at radius 3 is 2.58 bits per heavy atom. The van der Waals surface area contributed by atoms with Gasteiger partial charge in [0, 0.05) is 5.41 Å². The summed E-state index contributed by atoms with van der Waals surface area (Å²) in [5, 5.41) is 2.83. The van der Waals surface area contributed by atoms with Gasteiger partial charge >= 0.3 is 0 Å². The van der Waals surface area contributed by atoms with Gasteiger partial charge in [0.25, 0.3) is 0 Å². The molecule has 0 saturated heterocycles. The quantitative estimate of drug-likeness (QED) is 0.487. The Kier molecular flexibility index (Phi) is 4.32. The van der Waals surface area contributed by atoms with Crippen LogP contribution in [-0.4, -0.2) is 7.11 Å². The first kappa shape index (κ1) is 16.9. The van der Waals surface area contributed by atoms with Crippen molar-refractivity contribution in [2.75, 3.05) is 7.11 Å². The van der Waals surface area contributed by atoms with Crippen LogP contribution in [0.2, 0.25) is 0 Å². The fraction of sp³-hybridized carbons (Fsp3) is 0.280. The van der Waals surface area contributed by atoms with E-state index in [9.17, 15) is 0 Å². The Labute approximate surface area is 156 Å². The zero-order valence-corrected chi connectivity index (χ0v) is 15.8. The third kappa shape index (κ3) is 2.63. The van der Waals surface area contributed by atoms with Gasteiger partial charge in [0.2, 0.25) is 0 Å². The SMILES string of the molecule is C/C=C/CC1c2cccc3cccc(c23)C1(C)Cc1cccc(OC)c1. The molecule has 0 radical (unpaired) electrons. The topological polar surface area (TPSA) is 9.23 Å². The van der Waals surface area contributed by atoms with Crippen LogP contribution < -0.4 is 4.74 Å². The smallest absolute Gasteiger partial charge is 0.119 e. The van der Waals surface area contributed by atoms with E-state index in [1.54, 1.807) is 7.11 Å². The molecule has 0 aromatic heterocycles. The molecule has 3 aromatic rings. The van der Waals surface area contributed by atoms with Crippen LogP contribution in [0.25, 0.3) is 10.8 Å². The molecule has 2 atom stereocenters. The molecule has 1 nitrogen and oxygen atoms in total. The van der Waals surface area contributed by atoms with E-state index in [0.29, 0.717) is 5.92 Å². The molecule has 0 heterocycles. The number of rotatable bonds is 5. The molecule has 0 N–H and O–H groups in total. The summed E-state index contributed by atoms with van der Waals surface area (Å²) in [5.74, 6) is 1.43. The summed E-state index contributed by atoms with van der Waals surface area (Å²) in [6, 6.07) is 22.1. The molecule has 0 amide bonds. The monoisotopic (exact) mass is 342 g/mol. The summed E-state index contributed by atoms with van der Waals surface area (Å²) in [6.07, 6.45) is 6.58. The van der Waals surface area contributed by atoms with E-state index in [0.717, 1.165) is 18.6 Å². The van der Waals surface area contributed by atoms with Crippen molar-refractivity contribution in [1.82, 2.24) is 0 Å². The van der Waals surface area contributed by atoms with Crippen molar-refractivity contribution < 1.29 is 4.74 Å². The molecule has 0 spiro atoms. The lowest BCUT2D eigenvalue weighted by Crippen LogP contribution is -2.29. The van der Waals surface area contributed by atoms with Crippen LogP contribution in [-0.2, 0) is 11.8 Å². The lowest BCUT2D eigenvalue weighted by atomic mass is 9.69. The normalized spacial score (nSPS) is 21.6. The van der Waals surface area contributed by atoms with Crippen LogP contribution in [0.3, 0.4) is 0 Å². The van der Waals surface area contributed by atoms with Crippen LogP contribution in [0.4, 0.5) is 0 Å². The average molecular weight is 342 g/mol. The maximum absolute atomic E-state index is 5.45. The molecular formula is C25H26O. The molecular weight excluding hydrogens is 316 g/mol. The van der Waals surface area contributed by atoms with E-state index in [1.165, 1.54) is 27.5 Å². The van der Waals surface area contributed by atoms with Crippen LogP contribution in [0.15, 0.2) is 72.8 Å². The van der Waals surface area contributed by atoms with Crippen molar-refractivity contribution in [2.45, 2.75) is 38.0 Å². The first-order valence-corrected chi connectivity index (χ1v) is 9.43. The van der Waals surface area contributed by atoms with E-state index in [2.05, 4.69) is 80.6 Å². The maximum Gasteiger partial charge on any atom is 0.119 e. The number of hydrogen-bond donors (Lipinski definition) is 0. The molecule has 0 bridgehead atoms. The Hall–Kier alpha value is -2.54. The van der Waals surface area contributed by atoms with Gasteiger partial charge in [-0.3, -0.25) is 0 Å². The molecule has 26 heavy (non-hydrogen) atoms. The first-order valence-electron chi connectivity index (χ1n) is 9.43. The predicted octanol–water partition coefficient (Wildman–Crippen LogP) is 6.41. The summed E-state index contributed by atoms with van der Waals surface area (Å²) < 4.78 is 5.45. The summed E-state index contributed by atoms with van der Waals surface area (Å²) in [5.41, 5.74) is 4.40. The van der Waals surface area contributed by atoms with Crippen LogP contribution >= 0.6 is 0 Å². The van der Waals surface area contributed by atoms with Gasteiger partial charge in [-0.25, -0.2) is 0 Å². The number of ether oxygens (including phenoxy) is 1. The summed E-state index contributed by atoms with van der Waals surface area (Å²) in [7, 11) is 1.74. The Bertz CT molecular complexity index is 964. The van der Waals surface area contributed by atoms with Crippen LogP contribution in [0, 0.1) is 0 Å². The molecule has 132 valence electrons. The minimum Gasteiger partial charge on any atom is -0.497 e. The van der Waals surface area contributed by atoms with Crippen molar-refractivity contribution >= 4 is 10.8 Å². The van der Waals surface area contributed by atoms with Crippen molar-refractivity contribution in [3.05, 3.63) is 89.5 Å². The second-order valence-electron chi connectivity index (χ2n) is 7.55. The second kappa shape index (κ2) is 6.64. The molecule has 0 aliphatic heterocycles. The third-order valence-corrected chi connectivity index (χ3v) is 6.01. The van der Waals surface area contributed by atoms with Crippen molar-refractivity contribution in [3.8, 4) is 5.75 Å². The zero-order valence-electron chi connectivity index (χ0n) is 15.8. The van der Waals surface area contributed by atoms with Gasteiger partial charge in [0.15, 0.2) is 0 Å². The maximum atomic E-state index is 5.45. The molecule has 1 aliphatic rings. The van der Waals surface area contributed by atoms with Gasteiger partial charge in [-0.1, -0.05) is 67.6 Å². The lowest BCUT2D eigenvalue weighted by Gasteiger charge is -2.33. The largest absolute Gasteiger partial charge is 0.497 e. The van der Waals surface area contributed by atoms with Crippen LogP contribution in [0.5, 0.6) is 5.75 Å². The van der Waals surface area contributed by atoms with Gasteiger partial charge in [0.05, 0.1) is 7.11 Å². The number of benzene rings is 3. The van der Waals surface area contributed by atoms with Gasteiger partial charge in [-0.05, 0) is 65.3 Å². The standard InChI is InChI=1S/C25H26O/c1-4-5-14-22-21-13-7-10-19-11-8-15-23(24(19)21)25(22,2)17-18-9-6-12-20(16-18)26-3/h4-13,15-16,22H,14,17H2,1-3H3/b5-4+. The summed E-state index contributed by atoms with van der Waals surface area (Å²) in [4.78, 5) is 0. The Balaban J connectivity index is 1.85. The van der Waals surface area contributed by atoms with Gasteiger partial charge in [-0.15, -0.1) is 0 Å². The molecule has 4 rings (SSSR count). The molecule has 2 unspecified atom stereocenters. The lowest BCUT2D eigenvalue weighted by molar-refractivity contribution is 0.388. The zero-order chi connectivity index (χ0) is 18.1. The first-order chi connectivity index (χ1) is 12.7. The highest BCUT2D eigenvalue weighted by molar-refractivity contribution is 5.93. The van der Waals surface area contributed by atoms with Gasteiger partial charge in [0.1, 0.15) is 5.75 Å². The predicted molar refractivity (Wildman–Crippen MR) is 110 cm³/mol. The van der Waals surface area contributed by atoms with Crippen LogP contribution in [0.1, 0.15) is 42.9 Å². The molecule has 0 saturated carbocycles. The fourth-order valence-electron chi connectivity index (χ4n) is 4.75. The highest BCUT2D eigenvalue weighted by Gasteiger charge is 2.43.